The van der Waals surface area contributed by atoms with Crippen LogP contribution >= 0.6 is 0 Å². The molecule has 2 aromatic rings. The molecular formula is C19H21N3O3. The number of hydrogen-bond donors (Lipinski definition) is 2. The Labute approximate surface area is 146 Å². The fourth-order valence-corrected chi connectivity index (χ4v) is 2.89. The molecule has 0 saturated carbocycles. The van der Waals surface area contributed by atoms with Crippen molar-refractivity contribution < 1.29 is 14.7 Å². The van der Waals surface area contributed by atoms with Crippen molar-refractivity contribution in [3.63, 3.8) is 0 Å². The summed E-state index contributed by atoms with van der Waals surface area (Å²) in [4.78, 5) is 29.3. The van der Waals surface area contributed by atoms with Crippen molar-refractivity contribution in [3.05, 3.63) is 59.3 Å². The first-order valence-corrected chi connectivity index (χ1v) is 8.46. The number of aromatic carboxylic acids is 1. The second kappa shape index (κ2) is 7.79. The number of amides is 1. The number of carbonyl (C=O) groups excluding carboxylic acids is 1. The third kappa shape index (κ3) is 4.35. The minimum absolute atomic E-state index is 0.00692. The number of carboxylic acids is 1. The molecule has 6 heteroatoms. The van der Waals surface area contributed by atoms with Crippen LogP contribution in [-0.2, 0) is 6.54 Å². The Morgan fingerprint density at radius 2 is 1.76 bits per heavy atom. The Kier molecular flexibility index (Phi) is 5.28. The second-order valence-corrected chi connectivity index (χ2v) is 6.12. The zero-order valence-corrected chi connectivity index (χ0v) is 13.9. The molecule has 0 atom stereocenters. The fourth-order valence-electron chi connectivity index (χ4n) is 2.89. The molecule has 25 heavy (non-hydrogen) atoms. The van der Waals surface area contributed by atoms with Gasteiger partial charge >= 0.3 is 5.97 Å². The number of benzene rings is 1. The van der Waals surface area contributed by atoms with Gasteiger partial charge in [0, 0.05) is 25.2 Å². The molecule has 2 heterocycles. The number of carbonyl (C=O) groups is 2. The maximum absolute atomic E-state index is 12.4. The van der Waals surface area contributed by atoms with Gasteiger partial charge < -0.3 is 15.3 Å². The molecule has 1 aromatic heterocycles. The van der Waals surface area contributed by atoms with Gasteiger partial charge in [0.15, 0.2) is 5.69 Å². The average molecular weight is 339 g/mol. The van der Waals surface area contributed by atoms with Crippen LogP contribution in [0.1, 0.15) is 45.7 Å². The summed E-state index contributed by atoms with van der Waals surface area (Å²) in [5.41, 5.74) is 1.71. The van der Waals surface area contributed by atoms with E-state index in [1.54, 1.807) is 12.1 Å². The second-order valence-electron chi connectivity index (χ2n) is 6.12. The molecule has 0 unspecified atom stereocenters. The summed E-state index contributed by atoms with van der Waals surface area (Å²) in [5, 5.41) is 12.1. The van der Waals surface area contributed by atoms with E-state index in [1.807, 2.05) is 29.2 Å². The van der Waals surface area contributed by atoms with Crippen molar-refractivity contribution in [2.75, 3.05) is 18.4 Å². The van der Waals surface area contributed by atoms with Gasteiger partial charge in [-0.2, -0.15) is 0 Å². The van der Waals surface area contributed by atoms with Crippen LogP contribution in [0.4, 0.5) is 5.82 Å². The van der Waals surface area contributed by atoms with E-state index in [2.05, 4.69) is 10.3 Å². The lowest BCUT2D eigenvalue weighted by Crippen LogP contribution is -2.35. The molecule has 2 N–H and O–H groups in total. The molecule has 130 valence electrons. The van der Waals surface area contributed by atoms with Crippen molar-refractivity contribution in [1.29, 1.82) is 0 Å². The van der Waals surface area contributed by atoms with E-state index in [0.717, 1.165) is 31.5 Å². The molecule has 1 aliphatic rings. The Balaban J connectivity index is 1.60. The third-order valence-electron chi connectivity index (χ3n) is 4.29. The number of nitrogens with one attached hydrogen (secondary N) is 1. The Morgan fingerprint density at radius 3 is 2.44 bits per heavy atom. The zero-order chi connectivity index (χ0) is 17.6. The van der Waals surface area contributed by atoms with Gasteiger partial charge in [0.05, 0.1) is 0 Å². The van der Waals surface area contributed by atoms with Crippen LogP contribution in [0.3, 0.4) is 0 Å². The topological polar surface area (TPSA) is 82.5 Å². The van der Waals surface area contributed by atoms with Gasteiger partial charge in [-0.15, -0.1) is 0 Å². The highest BCUT2D eigenvalue weighted by Crippen LogP contribution is 2.14. The maximum Gasteiger partial charge on any atom is 0.354 e. The fraction of sp³-hybridized carbons (Fsp3) is 0.316. The predicted molar refractivity (Wildman–Crippen MR) is 94.7 cm³/mol. The summed E-state index contributed by atoms with van der Waals surface area (Å²) < 4.78 is 0. The molecule has 1 saturated heterocycles. The van der Waals surface area contributed by atoms with E-state index in [0.29, 0.717) is 17.9 Å². The highest BCUT2D eigenvalue weighted by Gasteiger charge is 2.17. The summed E-state index contributed by atoms with van der Waals surface area (Å²) >= 11 is 0. The first-order valence-electron chi connectivity index (χ1n) is 8.46. The summed E-state index contributed by atoms with van der Waals surface area (Å²) in [7, 11) is 0. The first-order chi connectivity index (χ1) is 12.1. The molecule has 1 aliphatic heterocycles. The third-order valence-corrected chi connectivity index (χ3v) is 4.29. The zero-order valence-electron chi connectivity index (χ0n) is 13.9. The molecule has 0 aliphatic carbocycles. The molecule has 0 spiro atoms. The first kappa shape index (κ1) is 17.0. The van der Waals surface area contributed by atoms with E-state index in [4.69, 9.17) is 5.11 Å². The monoisotopic (exact) mass is 339 g/mol. The lowest BCUT2D eigenvalue weighted by atomic mass is 10.1. The van der Waals surface area contributed by atoms with Crippen LogP contribution in [0.5, 0.6) is 0 Å². The van der Waals surface area contributed by atoms with Crippen LogP contribution in [0.25, 0.3) is 0 Å². The number of likely N-dealkylation sites (tertiary alicyclic amines) is 1. The van der Waals surface area contributed by atoms with Gasteiger partial charge in [0.1, 0.15) is 5.82 Å². The molecular weight excluding hydrogens is 318 g/mol. The van der Waals surface area contributed by atoms with Crippen molar-refractivity contribution >= 4 is 17.7 Å². The largest absolute Gasteiger partial charge is 0.477 e. The van der Waals surface area contributed by atoms with Crippen molar-refractivity contribution in [3.8, 4) is 0 Å². The number of rotatable bonds is 5. The molecule has 6 nitrogen and oxygen atoms in total. The molecule has 0 bridgehead atoms. The SMILES string of the molecule is O=C(O)c1cccc(NCc2ccc(C(=O)N3CCCCC3)cc2)n1. The van der Waals surface area contributed by atoms with Crippen LogP contribution in [0.2, 0.25) is 0 Å². The smallest absolute Gasteiger partial charge is 0.354 e. The minimum Gasteiger partial charge on any atom is -0.477 e. The summed E-state index contributed by atoms with van der Waals surface area (Å²) in [6, 6.07) is 12.3. The highest BCUT2D eigenvalue weighted by atomic mass is 16.4. The van der Waals surface area contributed by atoms with Gasteiger partial charge in [-0.1, -0.05) is 18.2 Å². The molecule has 0 radical (unpaired) electrons. The number of carboxylic acid groups (broad SMARTS) is 1. The number of nitrogens with zero attached hydrogens (tertiary/aromatic N) is 2. The van der Waals surface area contributed by atoms with Gasteiger partial charge in [0.25, 0.3) is 5.91 Å². The highest BCUT2D eigenvalue weighted by molar-refractivity contribution is 5.94. The minimum atomic E-state index is -1.05. The van der Waals surface area contributed by atoms with E-state index < -0.39 is 5.97 Å². The van der Waals surface area contributed by atoms with Crippen molar-refractivity contribution in [2.45, 2.75) is 25.8 Å². The lowest BCUT2D eigenvalue weighted by Gasteiger charge is -2.26. The predicted octanol–water partition coefficient (Wildman–Crippen LogP) is 3.02. The maximum atomic E-state index is 12.4. The van der Waals surface area contributed by atoms with Crippen LogP contribution < -0.4 is 5.32 Å². The molecule has 3 rings (SSSR count). The number of aromatic nitrogens is 1. The standard InChI is InChI=1S/C19H21N3O3/c23-18(22-11-2-1-3-12-22)15-9-7-14(8-10-15)13-20-17-6-4-5-16(21-17)19(24)25/h4-10H,1-3,11-13H2,(H,20,21)(H,24,25). The Bertz CT molecular complexity index is 753. The average Bonchev–Trinajstić information content (AvgIpc) is 2.67. The van der Waals surface area contributed by atoms with Crippen molar-refractivity contribution in [2.24, 2.45) is 0 Å². The van der Waals surface area contributed by atoms with Gasteiger partial charge in [0.2, 0.25) is 0 Å². The van der Waals surface area contributed by atoms with Crippen LogP contribution in [0.15, 0.2) is 42.5 Å². The summed E-state index contributed by atoms with van der Waals surface area (Å²) in [6.07, 6.45) is 3.36. The van der Waals surface area contributed by atoms with Gasteiger partial charge in [-0.3, -0.25) is 4.79 Å². The van der Waals surface area contributed by atoms with E-state index in [1.165, 1.54) is 12.5 Å². The summed E-state index contributed by atoms with van der Waals surface area (Å²) in [6.45, 7) is 2.19. The molecule has 1 aromatic carbocycles. The number of piperidine rings is 1. The quantitative estimate of drug-likeness (QED) is 0.875. The van der Waals surface area contributed by atoms with E-state index in [-0.39, 0.29) is 11.6 Å². The number of hydrogen-bond acceptors (Lipinski definition) is 4. The molecule has 1 amide bonds. The number of pyridine rings is 1. The summed E-state index contributed by atoms with van der Waals surface area (Å²) in [5.74, 6) is -0.451. The van der Waals surface area contributed by atoms with E-state index >= 15 is 0 Å². The van der Waals surface area contributed by atoms with Crippen molar-refractivity contribution in [1.82, 2.24) is 9.88 Å². The lowest BCUT2D eigenvalue weighted by molar-refractivity contribution is 0.0688. The van der Waals surface area contributed by atoms with Gasteiger partial charge in [-0.25, -0.2) is 9.78 Å². The van der Waals surface area contributed by atoms with Crippen LogP contribution in [-0.4, -0.2) is 40.0 Å². The number of anilines is 1. The van der Waals surface area contributed by atoms with E-state index in [9.17, 15) is 9.59 Å². The Morgan fingerprint density at radius 1 is 1.04 bits per heavy atom. The molecule has 1 fully saturated rings. The van der Waals surface area contributed by atoms with Crippen LogP contribution in [0, 0.1) is 0 Å². The van der Waals surface area contributed by atoms with Gasteiger partial charge in [-0.05, 0) is 49.1 Å². The Hall–Kier alpha value is -2.89. The normalized spacial score (nSPS) is 14.2.